The number of thiazole rings is 1. The summed E-state index contributed by atoms with van der Waals surface area (Å²) in [6.45, 7) is 1.89. The molecule has 0 atom stereocenters. The van der Waals surface area contributed by atoms with Crippen molar-refractivity contribution in [3.63, 3.8) is 0 Å². The second-order valence-corrected chi connectivity index (χ2v) is 4.51. The molecular weight excluding hydrogens is 296 g/mol. The van der Waals surface area contributed by atoms with Crippen molar-refractivity contribution in [3.8, 4) is 0 Å². The van der Waals surface area contributed by atoms with Gasteiger partial charge >= 0.3 is 5.97 Å². The summed E-state index contributed by atoms with van der Waals surface area (Å²) in [6, 6.07) is 0. The maximum atomic E-state index is 12.8. The molecule has 1 aromatic heterocycles. The molecule has 66 valence electrons. The quantitative estimate of drug-likeness (QED) is 0.620. The van der Waals surface area contributed by atoms with E-state index in [1.807, 2.05) is 22.6 Å². The molecule has 0 aliphatic heterocycles. The van der Waals surface area contributed by atoms with Gasteiger partial charge in [0, 0.05) is 0 Å². The van der Waals surface area contributed by atoms with Crippen LogP contribution in [0.4, 0.5) is 4.39 Å². The Bertz CT molecular complexity index is 302. The van der Waals surface area contributed by atoms with Gasteiger partial charge < -0.3 is 4.74 Å². The number of hydrogen-bond donors (Lipinski definition) is 0. The predicted octanol–water partition coefficient (Wildman–Crippen LogP) is 2.06. The number of rotatable bonds is 2. The van der Waals surface area contributed by atoms with Gasteiger partial charge in [-0.25, -0.2) is 9.78 Å². The molecule has 1 heterocycles. The van der Waals surface area contributed by atoms with Gasteiger partial charge in [0.1, 0.15) is 0 Å². The molecule has 0 radical (unpaired) electrons. The maximum Gasteiger partial charge on any atom is 0.360 e. The SMILES string of the molecule is CCOC(=O)c1nc(I)sc1F. The van der Waals surface area contributed by atoms with Crippen LogP contribution in [0.15, 0.2) is 0 Å². The first-order chi connectivity index (χ1) is 5.65. The van der Waals surface area contributed by atoms with Crippen LogP contribution in [0, 0.1) is 8.15 Å². The Hall–Kier alpha value is -0.240. The molecule has 0 spiro atoms. The Labute approximate surface area is 86.1 Å². The molecule has 0 N–H and O–H groups in total. The van der Waals surface area contributed by atoms with E-state index in [4.69, 9.17) is 0 Å². The van der Waals surface area contributed by atoms with E-state index in [1.54, 1.807) is 6.92 Å². The predicted molar refractivity (Wildman–Crippen MR) is 50.7 cm³/mol. The summed E-state index contributed by atoms with van der Waals surface area (Å²) < 4.78 is 17.9. The lowest BCUT2D eigenvalue weighted by Crippen LogP contribution is -2.06. The van der Waals surface area contributed by atoms with Gasteiger partial charge in [-0.05, 0) is 29.5 Å². The number of hydrogen-bond acceptors (Lipinski definition) is 4. The number of carbonyl (C=O) groups excluding carboxylic acids is 1. The Kier molecular flexibility index (Phi) is 3.39. The average molecular weight is 301 g/mol. The molecule has 0 saturated heterocycles. The van der Waals surface area contributed by atoms with E-state index in [0.29, 0.717) is 3.01 Å². The number of esters is 1. The highest BCUT2D eigenvalue weighted by Crippen LogP contribution is 2.18. The normalized spacial score (nSPS) is 9.92. The van der Waals surface area contributed by atoms with Crippen LogP contribution >= 0.6 is 33.9 Å². The molecule has 0 aliphatic carbocycles. The highest BCUT2D eigenvalue weighted by Gasteiger charge is 2.17. The number of nitrogens with zero attached hydrogens (tertiary/aromatic N) is 1. The third-order valence-corrected chi connectivity index (χ3v) is 2.56. The fourth-order valence-electron chi connectivity index (χ4n) is 0.602. The van der Waals surface area contributed by atoms with Crippen LogP contribution in [-0.4, -0.2) is 17.6 Å². The van der Waals surface area contributed by atoms with Crippen LogP contribution in [0.5, 0.6) is 0 Å². The first-order valence-corrected chi connectivity index (χ1v) is 5.03. The largest absolute Gasteiger partial charge is 0.461 e. The summed E-state index contributed by atoms with van der Waals surface area (Å²) in [5.41, 5.74) is -0.216. The van der Waals surface area contributed by atoms with E-state index >= 15 is 0 Å². The van der Waals surface area contributed by atoms with Gasteiger partial charge in [0.05, 0.1) is 6.61 Å². The monoisotopic (exact) mass is 301 g/mol. The summed E-state index contributed by atoms with van der Waals surface area (Å²) in [5, 5.41) is -0.585. The number of halogens is 2. The molecule has 12 heavy (non-hydrogen) atoms. The van der Waals surface area contributed by atoms with Crippen molar-refractivity contribution in [1.82, 2.24) is 4.98 Å². The molecule has 0 aromatic carbocycles. The second-order valence-electron chi connectivity index (χ2n) is 1.81. The molecule has 0 saturated carbocycles. The molecular formula is C6H5FINO2S. The number of aromatic nitrogens is 1. The van der Waals surface area contributed by atoms with Gasteiger partial charge in [-0.15, -0.1) is 0 Å². The smallest absolute Gasteiger partial charge is 0.360 e. The summed E-state index contributed by atoms with van der Waals surface area (Å²) in [6.07, 6.45) is 0. The van der Waals surface area contributed by atoms with E-state index in [0.717, 1.165) is 11.3 Å². The van der Waals surface area contributed by atoms with Crippen LogP contribution in [0.25, 0.3) is 0 Å². The molecule has 0 amide bonds. The van der Waals surface area contributed by atoms with E-state index in [1.165, 1.54) is 0 Å². The summed E-state index contributed by atoms with van der Waals surface area (Å²) in [5.74, 6) is -0.700. The summed E-state index contributed by atoms with van der Waals surface area (Å²) in [4.78, 5) is 14.6. The van der Waals surface area contributed by atoms with Crippen LogP contribution in [0.3, 0.4) is 0 Å². The Morgan fingerprint density at radius 2 is 2.50 bits per heavy atom. The van der Waals surface area contributed by atoms with Gasteiger partial charge in [0.2, 0.25) is 5.13 Å². The number of ether oxygens (including phenoxy) is 1. The third-order valence-electron chi connectivity index (χ3n) is 1.03. The Balaban J connectivity index is 2.87. The van der Waals surface area contributed by atoms with E-state index < -0.39 is 11.1 Å². The number of carbonyl (C=O) groups is 1. The van der Waals surface area contributed by atoms with Gasteiger partial charge in [-0.3, -0.25) is 0 Å². The van der Waals surface area contributed by atoms with Crippen LogP contribution in [0.1, 0.15) is 17.4 Å². The van der Waals surface area contributed by atoms with Gasteiger partial charge in [0.15, 0.2) is 8.71 Å². The fourth-order valence-corrected chi connectivity index (χ4v) is 1.93. The lowest BCUT2D eigenvalue weighted by molar-refractivity contribution is 0.0515. The lowest BCUT2D eigenvalue weighted by Gasteiger charge is -1.95. The second kappa shape index (κ2) is 4.13. The van der Waals surface area contributed by atoms with Crippen molar-refractivity contribution in [2.24, 2.45) is 0 Å². The molecule has 0 fully saturated rings. The van der Waals surface area contributed by atoms with Gasteiger partial charge in [-0.1, -0.05) is 11.3 Å². The third kappa shape index (κ3) is 2.13. The fraction of sp³-hybridized carbons (Fsp3) is 0.333. The average Bonchev–Trinajstić information content (AvgIpc) is 2.30. The van der Waals surface area contributed by atoms with Crippen molar-refractivity contribution < 1.29 is 13.9 Å². The van der Waals surface area contributed by atoms with Crippen molar-refractivity contribution in [2.45, 2.75) is 6.92 Å². The minimum absolute atomic E-state index is 0.216. The zero-order valence-corrected chi connectivity index (χ0v) is 9.11. The molecule has 3 nitrogen and oxygen atoms in total. The first-order valence-electron chi connectivity index (χ1n) is 3.14. The minimum Gasteiger partial charge on any atom is -0.461 e. The Morgan fingerprint density at radius 1 is 1.83 bits per heavy atom. The van der Waals surface area contributed by atoms with Crippen molar-refractivity contribution in [1.29, 1.82) is 0 Å². The molecule has 0 bridgehead atoms. The molecule has 1 rings (SSSR count). The van der Waals surface area contributed by atoms with Crippen LogP contribution in [-0.2, 0) is 4.74 Å². The zero-order valence-electron chi connectivity index (χ0n) is 6.13. The highest BCUT2D eigenvalue weighted by molar-refractivity contribution is 14.1. The van der Waals surface area contributed by atoms with E-state index in [2.05, 4.69) is 9.72 Å². The standard InChI is InChI=1S/C6H5FINO2S/c1-2-11-5(10)3-4(7)12-6(8)9-3/h2H2,1H3. The molecule has 0 unspecified atom stereocenters. The van der Waals surface area contributed by atoms with Gasteiger partial charge in [0.25, 0.3) is 0 Å². The summed E-state index contributed by atoms with van der Waals surface area (Å²) in [7, 11) is 0. The zero-order chi connectivity index (χ0) is 9.14. The highest BCUT2D eigenvalue weighted by atomic mass is 127. The first kappa shape index (κ1) is 9.85. The summed E-state index contributed by atoms with van der Waals surface area (Å²) >= 11 is 2.68. The molecule has 0 aliphatic rings. The van der Waals surface area contributed by atoms with Gasteiger partial charge in [-0.2, -0.15) is 4.39 Å². The van der Waals surface area contributed by atoms with Crippen LogP contribution < -0.4 is 0 Å². The molecule has 1 aromatic rings. The maximum absolute atomic E-state index is 12.8. The van der Waals surface area contributed by atoms with Crippen LogP contribution in [0.2, 0.25) is 0 Å². The van der Waals surface area contributed by atoms with Crippen molar-refractivity contribution in [2.75, 3.05) is 6.61 Å². The van der Waals surface area contributed by atoms with Crippen molar-refractivity contribution >= 4 is 39.9 Å². The minimum atomic E-state index is -0.700. The topological polar surface area (TPSA) is 39.2 Å². The molecule has 6 heteroatoms. The van der Waals surface area contributed by atoms with Crippen molar-refractivity contribution in [3.05, 3.63) is 13.8 Å². The van der Waals surface area contributed by atoms with E-state index in [-0.39, 0.29) is 12.3 Å². The lowest BCUT2D eigenvalue weighted by atomic mass is 10.5. The Morgan fingerprint density at radius 3 is 2.92 bits per heavy atom. The van der Waals surface area contributed by atoms with E-state index in [9.17, 15) is 9.18 Å².